The van der Waals surface area contributed by atoms with Crippen molar-refractivity contribution < 1.29 is 14.3 Å². The molecule has 2 aromatic rings. The van der Waals surface area contributed by atoms with Gasteiger partial charge >= 0.3 is 0 Å². The molecule has 0 unspecified atom stereocenters. The van der Waals surface area contributed by atoms with Gasteiger partial charge < -0.3 is 20.5 Å². The van der Waals surface area contributed by atoms with Crippen molar-refractivity contribution in [2.24, 2.45) is 0 Å². The summed E-state index contributed by atoms with van der Waals surface area (Å²) >= 11 is 0. The van der Waals surface area contributed by atoms with Crippen LogP contribution in [0.2, 0.25) is 0 Å². The number of anilines is 1. The van der Waals surface area contributed by atoms with E-state index in [0.29, 0.717) is 29.3 Å². The predicted octanol–water partition coefficient (Wildman–Crippen LogP) is 1.32. The van der Waals surface area contributed by atoms with E-state index in [1.807, 2.05) is 12.1 Å². The molecule has 0 aliphatic carbocycles. The standard InChI is InChI=1S/C14H13N3O3/c15-11-5-13-12(19-8-20-13)4-10(11)14(18)17-7-9-2-1-3-16-6-9/h1-6H,7-8,15H2,(H,17,18). The summed E-state index contributed by atoms with van der Waals surface area (Å²) in [6, 6.07) is 6.89. The molecule has 102 valence electrons. The topological polar surface area (TPSA) is 86.5 Å². The average Bonchev–Trinajstić information content (AvgIpc) is 2.92. The highest BCUT2D eigenvalue weighted by atomic mass is 16.7. The maximum atomic E-state index is 12.1. The Hall–Kier alpha value is -2.76. The molecule has 6 nitrogen and oxygen atoms in total. The lowest BCUT2D eigenvalue weighted by Gasteiger charge is -2.08. The largest absolute Gasteiger partial charge is 0.454 e. The van der Waals surface area contributed by atoms with Crippen LogP contribution in [0.25, 0.3) is 0 Å². The van der Waals surface area contributed by atoms with Gasteiger partial charge in [0.25, 0.3) is 5.91 Å². The van der Waals surface area contributed by atoms with Gasteiger partial charge in [-0.05, 0) is 17.7 Å². The lowest BCUT2D eigenvalue weighted by molar-refractivity contribution is 0.0951. The van der Waals surface area contributed by atoms with Crippen molar-refractivity contribution >= 4 is 11.6 Å². The molecule has 0 spiro atoms. The molecule has 2 heterocycles. The Bertz CT molecular complexity index is 644. The van der Waals surface area contributed by atoms with E-state index in [1.165, 1.54) is 0 Å². The van der Waals surface area contributed by atoms with Crippen molar-refractivity contribution in [3.63, 3.8) is 0 Å². The van der Waals surface area contributed by atoms with Gasteiger partial charge in [0.2, 0.25) is 6.79 Å². The summed E-state index contributed by atoms with van der Waals surface area (Å²) in [5.41, 5.74) is 7.50. The fourth-order valence-corrected chi connectivity index (χ4v) is 1.93. The molecule has 3 N–H and O–H groups in total. The van der Waals surface area contributed by atoms with Crippen molar-refractivity contribution in [1.82, 2.24) is 10.3 Å². The Kier molecular flexibility index (Phi) is 3.12. The Morgan fingerprint density at radius 2 is 2.15 bits per heavy atom. The van der Waals surface area contributed by atoms with Crippen LogP contribution in [0.1, 0.15) is 15.9 Å². The maximum Gasteiger partial charge on any atom is 0.253 e. The number of pyridine rings is 1. The number of ether oxygens (including phenoxy) is 2. The van der Waals surface area contributed by atoms with Gasteiger partial charge in [-0.2, -0.15) is 0 Å². The molecule has 0 saturated carbocycles. The number of amides is 1. The lowest BCUT2D eigenvalue weighted by Crippen LogP contribution is -2.23. The second-order valence-electron chi connectivity index (χ2n) is 4.34. The molecular weight excluding hydrogens is 258 g/mol. The lowest BCUT2D eigenvalue weighted by atomic mass is 10.1. The zero-order chi connectivity index (χ0) is 13.9. The van der Waals surface area contributed by atoms with Crippen LogP contribution in [0.3, 0.4) is 0 Å². The van der Waals surface area contributed by atoms with Crippen molar-refractivity contribution in [2.45, 2.75) is 6.54 Å². The third kappa shape index (κ3) is 2.35. The summed E-state index contributed by atoms with van der Waals surface area (Å²) in [5, 5.41) is 2.79. The summed E-state index contributed by atoms with van der Waals surface area (Å²) < 4.78 is 10.4. The first-order valence-corrected chi connectivity index (χ1v) is 6.10. The minimum atomic E-state index is -0.260. The number of carbonyl (C=O) groups is 1. The van der Waals surface area contributed by atoms with E-state index in [1.54, 1.807) is 24.5 Å². The summed E-state index contributed by atoms with van der Waals surface area (Å²) in [7, 11) is 0. The highest BCUT2D eigenvalue weighted by molar-refractivity contribution is 6.00. The number of nitrogens with two attached hydrogens (primary N) is 1. The summed E-state index contributed by atoms with van der Waals surface area (Å²) in [4.78, 5) is 16.1. The summed E-state index contributed by atoms with van der Waals surface area (Å²) in [5.74, 6) is 0.835. The van der Waals surface area contributed by atoms with Gasteiger partial charge in [0.05, 0.1) is 5.56 Å². The van der Waals surface area contributed by atoms with Gasteiger partial charge in [-0.3, -0.25) is 9.78 Å². The SMILES string of the molecule is Nc1cc2c(cc1C(=O)NCc1cccnc1)OCO2. The van der Waals surface area contributed by atoms with Gasteiger partial charge in [0, 0.05) is 30.7 Å². The smallest absolute Gasteiger partial charge is 0.253 e. The summed E-state index contributed by atoms with van der Waals surface area (Å²) in [6.07, 6.45) is 3.38. The predicted molar refractivity (Wildman–Crippen MR) is 72.4 cm³/mol. The number of hydrogen-bond acceptors (Lipinski definition) is 5. The first-order valence-electron chi connectivity index (χ1n) is 6.10. The van der Waals surface area contributed by atoms with E-state index in [-0.39, 0.29) is 12.7 Å². The molecule has 1 aliphatic rings. The molecule has 1 amide bonds. The number of nitrogen functional groups attached to an aromatic ring is 1. The molecular formula is C14H13N3O3. The van der Waals surface area contributed by atoms with Gasteiger partial charge in [-0.1, -0.05) is 6.07 Å². The zero-order valence-electron chi connectivity index (χ0n) is 10.6. The molecule has 1 aromatic carbocycles. The third-order valence-electron chi connectivity index (χ3n) is 2.97. The number of hydrogen-bond donors (Lipinski definition) is 2. The van der Waals surface area contributed by atoms with Crippen LogP contribution in [0.4, 0.5) is 5.69 Å². The maximum absolute atomic E-state index is 12.1. The molecule has 0 radical (unpaired) electrons. The van der Waals surface area contributed by atoms with Crippen LogP contribution in [0, 0.1) is 0 Å². The fourth-order valence-electron chi connectivity index (χ4n) is 1.93. The normalized spacial score (nSPS) is 12.2. The van der Waals surface area contributed by atoms with Crippen LogP contribution in [0.5, 0.6) is 11.5 Å². The molecule has 0 atom stereocenters. The molecule has 3 rings (SSSR count). The average molecular weight is 271 g/mol. The van der Waals surface area contributed by atoms with Crippen LogP contribution in [0.15, 0.2) is 36.7 Å². The van der Waals surface area contributed by atoms with E-state index >= 15 is 0 Å². The number of carbonyl (C=O) groups excluding carboxylic acids is 1. The monoisotopic (exact) mass is 271 g/mol. The third-order valence-corrected chi connectivity index (χ3v) is 2.97. The van der Waals surface area contributed by atoms with E-state index in [2.05, 4.69) is 10.3 Å². The van der Waals surface area contributed by atoms with Gasteiger partial charge in [0.1, 0.15) is 0 Å². The molecule has 6 heteroatoms. The Morgan fingerprint density at radius 1 is 1.35 bits per heavy atom. The zero-order valence-corrected chi connectivity index (χ0v) is 10.6. The van der Waals surface area contributed by atoms with Crippen molar-refractivity contribution in [2.75, 3.05) is 12.5 Å². The number of fused-ring (bicyclic) bond motifs is 1. The molecule has 20 heavy (non-hydrogen) atoms. The number of benzene rings is 1. The van der Waals surface area contributed by atoms with E-state index in [9.17, 15) is 4.79 Å². The Morgan fingerprint density at radius 3 is 2.90 bits per heavy atom. The van der Waals surface area contributed by atoms with Crippen LogP contribution < -0.4 is 20.5 Å². The number of aromatic nitrogens is 1. The Labute approximate surface area is 115 Å². The first kappa shape index (κ1) is 12.3. The van der Waals surface area contributed by atoms with Crippen LogP contribution in [-0.4, -0.2) is 17.7 Å². The van der Waals surface area contributed by atoms with E-state index in [4.69, 9.17) is 15.2 Å². The second kappa shape index (κ2) is 5.08. The summed E-state index contributed by atoms with van der Waals surface area (Å²) in [6.45, 7) is 0.538. The molecule has 1 aromatic heterocycles. The number of nitrogens with one attached hydrogen (secondary N) is 1. The van der Waals surface area contributed by atoms with Crippen molar-refractivity contribution in [3.05, 3.63) is 47.8 Å². The Balaban J connectivity index is 1.74. The molecule has 1 aliphatic heterocycles. The van der Waals surface area contributed by atoms with Crippen molar-refractivity contribution in [3.8, 4) is 11.5 Å². The quantitative estimate of drug-likeness (QED) is 0.822. The number of nitrogens with zero attached hydrogens (tertiary/aromatic N) is 1. The second-order valence-corrected chi connectivity index (χ2v) is 4.34. The van der Waals surface area contributed by atoms with Crippen molar-refractivity contribution in [1.29, 1.82) is 0 Å². The van der Waals surface area contributed by atoms with Gasteiger partial charge in [-0.15, -0.1) is 0 Å². The molecule has 0 saturated heterocycles. The van der Waals surface area contributed by atoms with E-state index < -0.39 is 0 Å². The minimum absolute atomic E-state index is 0.148. The van der Waals surface area contributed by atoms with Crippen LogP contribution in [-0.2, 0) is 6.54 Å². The van der Waals surface area contributed by atoms with Gasteiger partial charge in [0.15, 0.2) is 11.5 Å². The first-order chi connectivity index (χ1) is 9.74. The van der Waals surface area contributed by atoms with E-state index in [0.717, 1.165) is 5.56 Å². The number of rotatable bonds is 3. The van der Waals surface area contributed by atoms with Gasteiger partial charge in [-0.25, -0.2) is 0 Å². The highest BCUT2D eigenvalue weighted by Crippen LogP contribution is 2.35. The highest BCUT2D eigenvalue weighted by Gasteiger charge is 2.19. The fraction of sp³-hybridized carbons (Fsp3) is 0.143. The molecule has 0 fully saturated rings. The minimum Gasteiger partial charge on any atom is -0.454 e. The van der Waals surface area contributed by atoms with Crippen LogP contribution >= 0.6 is 0 Å². The molecule has 0 bridgehead atoms.